The Hall–Kier alpha value is -3.06. The zero-order chi connectivity index (χ0) is 20.2. The second-order valence-electron chi connectivity index (χ2n) is 7.15. The fraction of sp³-hybridized carbons (Fsp3) is 0.364. The number of carbonyl (C=O) groups is 1. The topological polar surface area (TPSA) is 79.5 Å². The molecule has 4 rings (SSSR count). The lowest BCUT2D eigenvalue weighted by atomic mass is 10.1. The van der Waals surface area contributed by atoms with Crippen LogP contribution in [0.3, 0.4) is 0 Å². The Morgan fingerprint density at radius 3 is 2.90 bits per heavy atom. The molecule has 0 radical (unpaired) electrons. The Balaban J connectivity index is 1.45. The summed E-state index contributed by atoms with van der Waals surface area (Å²) < 4.78 is 10.8. The molecule has 0 saturated carbocycles. The predicted octanol–water partition coefficient (Wildman–Crippen LogP) is 2.69. The van der Waals surface area contributed by atoms with Gasteiger partial charge in [-0.15, -0.1) is 0 Å². The summed E-state index contributed by atoms with van der Waals surface area (Å²) >= 11 is 0. The first-order valence-electron chi connectivity index (χ1n) is 9.88. The maximum absolute atomic E-state index is 12.9. The minimum atomic E-state index is -0.101. The van der Waals surface area contributed by atoms with Gasteiger partial charge in [-0.2, -0.15) is 0 Å². The van der Waals surface area contributed by atoms with E-state index in [2.05, 4.69) is 20.2 Å². The fourth-order valence-electron chi connectivity index (χ4n) is 3.63. The van der Waals surface area contributed by atoms with Gasteiger partial charge in [0.2, 0.25) is 0 Å². The summed E-state index contributed by atoms with van der Waals surface area (Å²) in [6.07, 6.45) is 2.72. The van der Waals surface area contributed by atoms with Crippen LogP contribution < -0.4 is 15.0 Å². The molecule has 1 aliphatic heterocycles. The van der Waals surface area contributed by atoms with Gasteiger partial charge in [0.05, 0.1) is 25.9 Å². The van der Waals surface area contributed by atoms with Crippen molar-refractivity contribution in [1.29, 1.82) is 0 Å². The van der Waals surface area contributed by atoms with E-state index in [1.54, 1.807) is 7.11 Å². The van der Waals surface area contributed by atoms with Gasteiger partial charge in [-0.25, -0.2) is 4.98 Å². The number of ether oxygens (including phenoxy) is 2. The van der Waals surface area contributed by atoms with Crippen LogP contribution in [0.4, 0.5) is 5.82 Å². The van der Waals surface area contributed by atoms with Gasteiger partial charge in [0.25, 0.3) is 5.91 Å². The second-order valence-corrected chi connectivity index (χ2v) is 7.15. The number of nitrogens with zero attached hydrogens (tertiary/aromatic N) is 2. The minimum absolute atomic E-state index is 0.101. The molecule has 7 nitrogen and oxygen atoms in total. The molecule has 0 bridgehead atoms. The predicted molar refractivity (Wildman–Crippen MR) is 113 cm³/mol. The Morgan fingerprint density at radius 2 is 2.10 bits per heavy atom. The first-order chi connectivity index (χ1) is 14.2. The van der Waals surface area contributed by atoms with Crippen LogP contribution in [-0.4, -0.2) is 55.8 Å². The third-order valence-corrected chi connectivity index (χ3v) is 5.22. The molecule has 3 heterocycles. The molecule has 152 valence electrons. The number of carbonyl (C=O) groups excluding carboxylic acids is 1. The molecule has 2 N–H and O–H groups in total. The lowest BCUT2D eigenvalue weighted by Gasteiger charge is -2.29. The van der Waals surface area contributed by atoms with E-state index in [0.29, 0.717) is 25.3 Å². The number of rotatable bonds is 6. The lowest BCUT2D eigenvalue weighted by Crippen LogP contribution is -2.38. The third-order valence-electron chi connectivity index (χ3n) is 5.22. The summed E-state index contributed by atoms with van der Waals surface area (Å²) in [5.74, 6) is 1.46. The molecule has 1 fully saturated rings. The van der Waals surface area contributed by atoms with Crippen molar-refractivity contribution >= 4 is 22.6 Å². The number of methoxy groups -OCH3 is 1. The average Bonchev–Trinajstić information content (AvgIpc) is 3.16. The number of fused-ring (bicyclic) bond motifs is 1. The van der Waals surface area contributed by atoms with Gasteiger partial charge in [0, 0.05) is 42.4 Å². The largest absolute Gasteiger partial charge is 0.497 e. The van der Waals surface area contributed by atoms with E-state index in [0.717, 1.165) is 53.2 Å². The number of hydrogen-bond acceptors (Lipinski definition) is 5. The van der Waals surface area contributed by atoms with Gasteiger partial charge in [-0.3, -0.25) is 4.79 Å². The lowest BCUT2D eigenvalue weighted by molar-refractivity contribution is 0.0952. The number of benzene rings is 1. The first kappa shape index (κ1) is 19.3. The van der Waals surface area contributed by atoms with Crippen LogP contribution in [0.25, 0.3) is 10.9 Å². The quantitative estimate of drug-likeness (QED) is 0.672. The van der Waals surface area contributed by atoms with E-state index in [-0.39, 0.29) is 5.91 Å². The molecule has 7 heteroatoms. The highest BCUT2D eigenvalue weighted by atomic mass is 16.5. The van der Waals surface area contributed by atoms with Crippen LogP contribution in [0, 0.1) is 6.92 Å². The fourth-order valence-corrected chi connectivity index (χ4v) is 3.63. The molecular weight excluding hydrogens is 368 g/mol. The second kappa shape index (κ2) is 8.53. The number of aryl methyl sites for hydroxylation is 1. The van der Waals surface area contributed by atoms with Crippen LogP contribution in [-0.2, 0) is 11.2 Å². The summed E-state index contributed by atoms with van der Waals surface area (Å²) in [6.45, 7) is 5.28. The number of H-pyrrole nitrogens is 1. The van der Waals surface area contributed by atoms with Gasteiger partial charge in [-0.05, 0) is 49.2 Å². The Morgan fingerprint density at radius 1 is 1.28 bits per heavy atom. The minimum Gasteiger partial charge on any atom is -0.497 e. The monoisotopic (exact) mass is 394 g/mol. The van der Waals surface area contributed by atoms with E-state index >= 15 is 0 Å². The van der Waals surface area contributed by atoms with Gasteiger partial charge < -0.3 is 24.7 Å². The highest BCUT2D eigenvalue weighted by Gasteiger charge is 2.20. The van der Waals surface area contributed by atoms with E-state index < -0.39 is 0 Å². The maximum atomic E-state index is 12.9. The Labute approximate surface area is 170 Å². The van der Waals surface area contributed by atoms with Gasteiger partial charge in [0.15, 0.2) is 0 Å². The van der Waals surface area contributed by atoms with Crippen LogP contribution in [0.15, 0.2) is 36.5 Å². The van der Waals surface area contributed by atoms with Gasteiger partial charge in [0.1, 0.15) is 11.6 Å². The van der Waals surface area contributed by atoms with Crippen molar-refractivity contribution in [2.75, 3.05) is 44.9 Å². The molecule has 0 aliphatic carbocycles. The number of amides is 1. The number of pyridine rings is 1. The highest BCUT2D eigenvalue weighted by molar-refractivity contribution is 5.99. The highest BCUT2D eigenvalue weighted by Crippen LogP contribution is 2.24. The smallest absolute Gasteiger partial charge is 0.255 e. The summed E-state index contributed by atoms with van der Waals surface area (Å²) in [7, 11) is 1.66. The van der Waals surface area contributed by atoms with Crippen molar-refractivity contribution < 1.29 is 14.3 Å². The standard InChI is InChI=1S/C22H26N4O3/c1-15-3-5-18(21(25-15)26-9-11-29-12-10-26)22(27)23-8-7-16-14-24-20-6-4-17(28-2)13-19(16)20/h3-6,13-14,24H,7-12H2,1-2H3,(H,23,27). The molecule has 0 unspecified atom stereocenters. The summed E-state index contributed by atoms with van der Waals surface area (Å²) in [5.41, 5.74) is 3.72. The molecule has 29 heavy (non-hydrogen) atoms. The van der Waals surface area contributed by atoms with E-state index in [9.17, 15) is 4.79 Å². The first-order valence-corrected chi connectivity index (χ1v) is 9.88. The molecule has 0 atom stereocenters. The van der Waals surface area contributed by atoms with E-state index in [1.165, 1.54) is 0 Å². The van der Waals surface area contributed by atoms with Crippen molar-refractivity contribution in [3.05, 3.63) is 53.3 Å². The normalized spacial score (nSPS) is 14.2. The number of aromatic nitrogens is 2. The van der Waals surface area contributed by atoms with Gasteiger partial charge in [-0.1, -0.05) is 0 Å². The summed E-state index contributed by atoms with van der Waals surface area (Å²) in [6, 6.07) is 9.69. The maximum Gasteiger partial charge on any atom is 0.255 e. The van der Waals surface area contributed by atoms with Crippen molar-refractivity contribution in [3.63, 3.8) is 0 Å². The van der Waals surface area contributed by atoms with Crippen LogP contribution in [0.2, 0.25) is 0 Å². The zero-order valence-corrected chi connectivity index (χ0v) is 16.8. The number of nitrogens with one attached hydrogen (secondary N) is 2. The summed E-state index contributed by atoms with van der Waals surface area (Å²) in [4.78, 5) is 22.9. The van der Waals surface area contributed by atoms with E-state index in [4.69, 9.17) is 9.47 Å². The molecule has 1 amide bonds. The SMILES string of the molecule is COc1ccc2[nH]cc(CCNC(=O)c3ccc(C)nc3N3CCOCC3)c2c1. The van der Waals surface area contributed by atoms with Crippen LogP contribution in [0.5, 0.6) is 5.75 Å². The molecular formula is C22H26N4O3. The zero-order valence-electron chi connectivity index (χ0n) is 16.8. The third kappa shape index (κ3) is 4.19. The van der Waals surface area contributed by atoms with Crippen LogP contribution >= 0.6 is 0 Å². The van der Waals surface area contributed by atoms with Crippen molar-refractivity contribution in [3.8, 4) is 5.75 Å². The molecule has 1 saturated heterocycles. The van der Waals surface area contributed by atoms with Crippen LogP contribution in [0.1, 0.15) is 21.6 Å². The molecule has 1 aliphatic rings. The molecule has 1 aromatic carbocycles. The van der Waals surface area contributed by atoms with Crippen molar-refractivity contribution in [1.82, 2.24) is 15.3 Å². The number of anilines is 1. The number of morpholine rings is 1. The Bertz CT molecular complexity index is 1010. The molecule has 3 aromatic rings. The molecule has 2 aromatic heterocycles. The van der Waals surface area contributed by atoms with Crippen molar-refractivity contribution in [2.24, 2.45) is 0 Å². The summed E-state index contributed by atoms with van der Waals surface area (Å²) in [5, 5.41) is 4.16. The van der Waals surface area contributed by atoms with E-state index in [1.807, 2.05) is 43.5 Å². The van der Waals surface area contributed by atoms with Gasteiger partial charge >= 0.3 is 0 Å². The van der Waals surface area contributed by atoms with Crippen molar-refractivity contribution in [2.45, 2.75) is 13.3 Å². The number of hydrogen-bond donors (Lipinski definition) is 2. The Kier molecular flexibility index (Phi) is 5.67. The average molecular weight is 394 g/mol. The number of aromatic amines is 1. The molecule has 0 spiro atoms.